The number of carbonyl (C=O) groups is 1. The van der Waals surface area contributed by atoms with Gasteiger partial charge in [0.2, 0.25) is 0 Å². The van der Waals surface area contributed by atoms with Crippen molar-refractivity contribution in [2.75, 3.05) is 20.1 Å². The average molecular weight is 294 g/mol. The molecule has 1 amide bonds. The first-order chi connectivity index (χ1) is 9.97. The van der Waals surface area contributed by atoms with Gasteiger partial charge in [0.15, 0.2) is 6.10 Å². The number of ether oxygens (including phenoxy) is 1. The van der Waals surface area contributed by atoms with Crippen LogP contribution >= 0.6 is 0 Å². The van der Waals surface area contributed by atoms with Crippen LogP contribution in [-0.2, 0) is 11.3 Å². The van der Waals surface area contributed by atoms with E-state index in [0.29, 0.717) is 31.2 Å². The second kappa shape index (κ2) is 6.89. The highest BCUT2D eigenvalue weighted by Crippen LogP contribution is 2.24. The van der Waals surface area contributed by atoms with Gasteiger partial charge in [0.25, 0.3) is 5.91 Å². The van der Waals surface area contributed by atoms with E-state index >= 15 is 0 Å². The molecule has 0 bridgehead atoms. The summed E-state index contributed by atoms with van der Waals surface area (Å²) in [4.78, 5) is 13.6. The summed E-state index contributed by atoms with van der Waals surface area (Å²) in [5, 5.41) is 3.27. The Morgan fingerprint density at radius 2 is 2.24 bits per heavy atom. The van der Waals surface area contributed by atoms with Crippen molar-refractivity contribution in [2.45, 2.75) is 32.9 Å². The zero-order valence-electron chi connectivity index (χ0n) is 12.9. The molecule has 0 spiro atoms. The summed E-state index contributed by atoms with van der Waals surface area (Å²) < 4.78 is 19.2. The van der Waals surface area contributed by atoms with Crippen LogP contribution in [0.5, 0.6) is 5.75 Å². The van der Waals surface area contributed by atoms with Crippen LogP contribution in [0.15, 0.2) is 18.2 Å². The molecule has 21 heavy (non-hydrogen) atoms. The van der Waals surface area contributed by atoms with Crippen LogP contribution in [0.2, 0.25) is 0 Å². The minimum atomic E-state index is -0.454. The average Bonchev–Trinajstić information content (AvgIpc) is 2.73. The molecule has 0 aromatic heterocycles. The van der Waals surface area contributed by atoms with Gasteiger partial charge >= 0.3 is 0 Å². The van der Waals surface area contributed by atoms with Gasteiger partial charge in [0.05, 0.1) is 0 Å². The molecule has 116 valence electrons. The molecule has 1 aliphatic heterocycles. The van der Waals surface area contributed by atoms with Crippen LogP contribution in [0.1, 0.15) is 25.8 Å². The number of hydrogen-bond donors (Lipinski definition) is 1. The lowest BCUT2D eigenvalue weighted by atomic mass is 10.1. The topological polar surface area (TPSA) is 41.6 Å². The van der Waals surface area contributed by atoms with Crippen molar-refractivity contribution in [3.8, 4) is 5.75 Å². The Morgan fingerprint density at radius 1 is 1.48 bits per heavy atom. The summed E-state index contributed by atoms with van der Waals surface area (Å²) in [6.45, 7) is 6.31. The fourth-order valence-electron chi connectivity index (χ4n) is 2.35. The third-order valence-electron chi connectivity index (χ3n) is 3.54. The highest BCUT2D eigenvalue weighted by atomic mass is 19.1. The molecule has 1 fully saturated rings. The van der Waals surface area contributed by atoms with Crippen LogP contribution in [0.3, 0.4) is 0 Å². The molecule has 1 aromatic carbocycles. The van der Waals surface area contributed by atoms with Gasteiger partial charge in [-0.1, -0.05) is 13.8 Å². The number of likely N-dealkylation sites (N-methyl/N-ethyl adjacent to an activating group) is 1. The Kier molecular flexibility index (Phi) is 5.17. The van der Waals surface area contributed by atoms with E-state index in [-0.39, 0.29) is 11.7 Å². The number of carbonyl (C=O) groups excluding carboxylic acids is 1. The van der Waals surface area contributed by atoms with Crippen LogP contribution in [0.4, 0.5) is 4.39 Å². The van der Waals surface area contributed by atoms with E-state index in [0.717, 1.165) is 12.1 Å². The summed E-state index contributed by atoms with van der Waals surface area (Å²) in [5.41, 5.74) is 0.748. The fourth-order valence-corrected chi connectivity index (χ4v) is 2.35. The Balaban J connectivity index is 2.06. The third-order valence-corrected chi connectivity index (χ3v) is 3.54. The standard InChI is InChI=1S/C16H23FN2O2/c1-11(2)9-18-10-12-8-13(17)4-5-14(12)21-15-6-7-19(3)16(15)20/h4-5,8,11,15,18H,6-7,9-10H2,1-3H3. The highest BCUT2D eigenvalue weighted by molar-refractivity contribution is 5.83. The molecular weight excluding hydrogens is 271 g/mol. The normalized spacial score (nSPS) is 18.6. The van der Waals surface area contributed by atoms with Crippen molar-refractivity contribution in [3.05, 3.63) is 29.6 Å². The molecule has 1 aromatic rings. The van der Waals surface area contributed by atoms with E-state index < -0.39 is 6.10 Å². The Hall–Kier alpha value is -1.62. The number of halogens is 1. The van der Waals surface area contributed by atoms with Crippen LogP contribution < -0.4 is 10.1 Å². The van der Waals surface area contributed by atoms with Gasteiger partial charge in [-0.3, -0.25) is 4.79 Å². The largest absolute Gasteiger partial charge is 0.480 e. The smallest absolute Gasteiger partial charge is 0.263 e. The van der Waals surface area contributed by atoms with Crippen LogP contribution in [0.25, 0.3) is 0 Å². The molecule has 0 aliphatic carbocycles. The summed E-state index contributed by atoms with van der Waals surface area (Å²) in [6, 6.07) is 4.43. The zero-order valence-corrected chi connectivity index (χ0v) is 12.9. The van der Waals surface area contributed by atoms with E-state index in [1.54, 1.807) is 18.0 Å². The van der Waals surface area contributed by atoms with Crippen LogP contribution in [-0.4, -0.2) is 37.0 Å². The summed E-state index contributed by atoms with van der Waals surface area (Å²) in [6.07, 6.45) is 0.218. The van der Waals surface area contributed by atoms with Crippen molar-refractivity contribution in [1.82, 2.24) is 10.2 Å². The maximum absolute atomic E-state index is 13.4. The molecule has 1 N–H and O–H groups in total. The Bertz CT molecular complexity index is 505. The Labute approximate surface area is 125 Å². The molecule has 0 saturated carbocycles. The molecular formula is C16H23FN2O2. The lowest BCUT2D eigenvalue weighted by Gasteiger charge is -2.17. The molecule has 4 nitrogen and oxygen atoms in total. The third kappa shape index (κ3) is 4.17. The van der Waals surface area contributed by atoms with Gasteiger partial charge in [-0.15, -0.1) is 0 Å². The number of nitrogens with one attached hydrogen (secondary N) is 1. The molecule has 1 atom stereocenters. The number of nitrogens with zero attached hydrogens (tertiary/aromatic N) is 1. The van der Waals surface area contributed by atoms with E-state index in [4.69, 9.17) is 4.74 Å². The molecule has 1 heterocycles. The van der Waals surface area contributed by atoms with Gasteiger partial charge in [0.1, 0.15) is 11.6 Å². The van der Waals surface area contributed by atoms with Gasteiger partial charge in [-0.05, 0) is 30.7 Å². The van der Waals surface area contributed by atoms with E-state index in [2.05, 4.69) is 19.2 Å². The highest BCUT2D eigenvalue weighted by Gasteiger charge is 2.31. The maximum Gasteiger partial charge on any atom is 0.263 e. The monoisotopic (exact) mass is 294 g/mol. The predicted octanol–water partition coefficient (Wildman–Crippen LogP) is 2.18. The first-order valence-electron chi connectivity index (χ1n) is 7.38. The molecule has 1 saturated heterocycles. The number of likely N-dealkylation sites (tertiary alicyclic amines) is 1. The van der Waals surface area contributed by atoms with Crippen molar-refractivity contribution in [2.24, 2.45) is 5.92 Å². The second-order valence-electron chi connectivity index (χ2n) is 5.93. The van der Waals surface area contributed by atoms with E-state index in [1.165, 1.54) is 12.1 Å². The molecule has 2 rings (SSSR count). The zero-order chi connectivity index (χ0) is 15.4. The van der Waals surface area contributed by atoms with Gasteiger partial charge in [0, 0.05) is 32.1 Å². The van der Waals surface area contributed by atoms with Crippen molar-refractivity contribution >= 4 is 5.91 Å². The molecule has 5 heteroatoms. The second-order valence-corrected chi connectivity index (χ2v) is 5.93. The predicted molar refractivity (Wildman–Crippen MR) is 79.6 cm³/mol. The summed E-state index contributed by atoms with van der Waals surface area (Å²) in [5.74, 6) is 0.799. The van der Waals surface area contributed by atoms with Crippen LogP contribution in [0, 0.1) is 11.7 Å². The van der Waals surface area contributed by atoms with Crippen molar-refractivity contribution < 1.29 is 13.9 Å². The maximum atomic E-state index is 13.4. The lowest BCUT2D eigenvalue weighted by molar-refractivity contribution is -0.132. The van der Waals surface area contributed by atoms with Crippen molar-refractivity contribution in [1.29, 1.82) is 0 Å². The first kappa shape index (κ1) is 15.8. The number of rotatable bonds is 6. The number of hydrogen-bond acceptors (Lipinski definition) is 3. The minimum absolute atomic E-state index is 0.0135. The Morgan fingerprint density at radius 3 is 2.86 bits per heavy atom. The SMILES string of the molecule is CC(C)CNCc1cc(F)ccc1OC1CCN(C)C1=O. The summed E-state index contributed by atoms with van der Waals surface area (Å²) >= 11 is 0. The van der Waals surface area contributed by atoms with E-state index in [9.17, 15) is 9.18 Å². The van der Waals surface area contributed by atoms with E-state index in [1.807, 2.05) is 0 Å². The fraction of sp³-hybridized carbons (Fsp3) is 0.562. The number of benzene rings is 1. The molecule has 1 aliphatic rings. The number of amides is 1. The quantitative estimate of drug-likeness (QED) is 0.874. The summed E-state index contributed by atoms with van der Waals surface area (Å²) in [7, 11) is 1.77. The van der Waals surface area contributed by atoms with Gasteiger partial charge in [-0.25, -0.2) is 4.39 Å². The minimum Gasteiger partial charge on any atom is -0.480 e. The first-order valence-corrected chi connectivity index (χ1v) is 7.38. The lowest BCUT2D eigenvalue weighted by Crippen LogP contribution is -2.30. The van der Waals surface area contributed by atoms with Gasteiger partial charge < -0.3 is 15.0 Å². The molecule has 1 unspecified atom stereocenters. The van der Waals surface area contributed by atoms with Crippen molar-refractivity contribution in [3.63, 3.8) is 0 Å². The van der Waals surface area contributed by atoms with Gasteiger partial charge in [-0.2, -0.15) is 0 Å². The molecule has 0 radical (unpaired) electrons.